The number of benzene rings is 2. The highest BCUT2D eigenvalue weighted by Gasteiger charge is 2.34. The van der Waals surface area contributed by atoms with Gasteiger partial charge in [-0.15, -0.1) is 0 Å². The van der Waals surface area contributed by atoms with Crippen molar-refractivity contribution in [3.05, 3.63) is 77.6 Å². The van der Waals surface area contributed by atoms with Crippen molar-refractivity contribution in [2.24, 2.45) is 4.99 Å². The molecule has 2 aromatic carbocycles. The Morgan fingerprint density at radius 3 is 2.50 bits per heavy atom. The van der Waals surface area contributed by atoms with Gasteiger partial charge in [-0.3, -0.25) is 4.99 Å². The molecular formula is C25H18F5N3O3. The number of alkyl halides is 1. The fourth-order valence-electron chi connectivity index (χ4n) is 3.86. The first-order valence-electron chi connectivity index (χ1n) is 10.8. The van der Waals surface area contributed by atoms with Gasteiger partial charge in [0.15, 0.2) is 29.0 Å². The molecule has 5 rings (SSSR count). The van der Waals surface area contributed by atoms with Crippen LogP contribution in [0.15, 0.2) is 53.8 Å². The molecule has 0 saturated heterocycles. The van der Waals surface area contributed by atoms with Crippen molar-refractivity contribution < 1.29 is 36.5 Å². The number of halogens is 5. The number of fused-ring (bicyclic) bond motifs is 1. The van der Waals surface area contributed by atoms with Crippen LogP contribution in [0.25, 0.3) is 22.2 Å². The Hall–Kier alpha value is -3.99. The number of aliphatic imine (C=N–C) groups is 1. The lowest BCUT2D eigenvalue weighted by molar-refractivity contribution is 0.0171. The van der Waals surface area contributed by atoms with Gasteiger partial charge in [0, 0.05) is 29.9 Å². The van der Waals surface area contributed by atoms with Crippen molar-refractivity contribution in [1.29, 1.82) is 0 Å². The fourth-order valence-corrected chi connectivity index (χ4v) is 3.86. The number of hydrogen-bond acceptors (Lipinski definition) is 5. The third-order valence-electron chi connectivity index (χ3n) is 5.70. The van der Waals surface area contributed by atoms with E-state index in [9.17, 15) is 22.0 Å². The van der Waals surface area contributed by atoms with Crippen LogP contribution in [0, 0.1) is 23.3 Å². The quantitative estimate of drug-likeness (QED) is 0.353. The van der Waals surface area contributed by atoms with Gasteiger partial charge < -0.3 is 19.6 Å². The van der Waals surface area contributed by atoms with E-state index in [0.29, 0.717) is 0 Å². The number of aromatic nitrogens is 2. The molecule has 4 aromatic rings. The molecule has 36 heavy (non-hydrogen) atoms. The Morgan fingerprint density at radius 1 is 1.03 bits per heavy atom. The number of H-pyrrole nitrogens is 1. The van der Waals surface area contributed by atoms with Gasteiger partial charge in [-0.25, -0.2) is 26.9 Å². The topological polar surface area (TPSA) is 79.7 Å². The highest BCUT2D eigenvalue weighted by atomic mass is 19.2. The van der Waals surface area contributed by atoms with Crippen LogP contribution in [0.1, 0.15) is 5.56 Å². The Morgan fingerprint density at radius 2 is 1.81 bits per heavy atom. The summed E-state index contributed by atoms with van der Waals surface area (Å²) in [5.74, 6) is -4.10. The molecule has 6 nitrogen and oxygen atoms in total. The second-order valence-electron chi connectivity index (χ2n) is 8.33. The second-order valence-corrected chi connectivity index (χ2v) is 8.33. The maximum Gasteiger partial charge on any atom is 0.198 e. The predicted octanol–water partition coefficient (Wildman–Crippen LogP) is 5.25. The van der Waals surface area contributed by atoms with Crippen LogP contribution in [-0.4, -0.2) is 46.4 Å². The van der Waals surface area contributed by atoms with Gasteiger partial charge in [-0.2, -0.15) is 0 Å². The van der Waals surface area contributed by atoms with E-state index in [1.165, 1.54) is 18.5 Å². The minimum absolute atomic E-state index is 0.0336. The van der Waals surface area contributed by atoms with Crippen LogP contribution in [-0.2, 0) is 11.2 Å². The molecule has 0 aliphatic carbocycles. The summed E-state index contributed by atoms with van der Waals surface area (Å²) >= 11 is 0. The van der Waals surface area contributed by atoms with E-state index in [1.807, 2.05) is 0 Å². The Bertz CT molecular complexity index is 1470. The first-order valence-corrected chi connectivity index (χ1v) is 10.8. The number of aliphatic hydroxyl groups is 1. The van der Waals surface area contributed by atoms with Crippen molar-refractivity contribution in [2.75, 3.05) is 19.8 Å². The van der Waals surface area contributed by atoms with Crippen molar-refractivity contribution in [1.82, 2.24) is 9.97 Å². The summed E-state index contributed by atoms with van der Waals surface area (Å²) in [6, 6.07) is 6.33. The van der Waals surface area contributed by atoms with Crippen LogP contribution in [0.3, 0.4) is 0 Å². The second kappa shape index (κ2) is 9.23. The Kier molecular flexibility index (Phi) is 6.09. The van der Waals surface area contributed by atoms with E-state index in [0.717, 1.165) is 30.3 Å². The Balaban J connectivity index is 1.46. The number of ether oxygens (including phenoxy) is 2. The van der Waals surface area contributed by atoms with Gasteiger partial charge in [0.2, 0.25) is 0 Å². The summed E-state index contributed by atoms with van der Waals surface area (Å²) in [4.78, 5) is 10.8. The molecule has 3 heterocycles. The smallest absolute Gasteiger partial charge is 0.198 e. The zero-order valence-corrected chi connectivity index (χ0v) is 18.5. The highest BCUT2D eigenvalue weighted by Crippen LogP contribution is 2.39. The molecule has 2 N–H and O–H groups in total. The van der Waals surface area contributed by atoms with E-state index in [4.69, 9.17) is 14.6 Å². The fraction of sp³-hybridized carbons (Fsp3) is 0.200. The average Bonchev–Trinajstić information content (AvgIpc) is 3.29. The van der Waals surface area contributed by atoms with Gasteiger partial charge in [-0.1, -0.05) is 0 Å². The van der Waals surface area contributed by atoms with E-state index in [-0.39, 0.29) is 52.3 Å². The van der Waals surface area contributed by atoms with Gasteiger partial charge >= 0.3 is 0 Å². The van der Waals surface area contributed by atoms with E-state index in [2.05, 4.69) is 15.0 Å². The average molecular weight is 503 g/mol. The molecule has 0 radical (unpaired) electrons. The molecular weight excluding hydrogens is 485 g/mol. The van der Waals surface area contributed by atoms with Crippen LogP contribution >= 0.6 is 0 Å². The lowest BCUT2D eigenvalue weighted by Crippen LogP contribution is -2.42. The normalized spacial score (nSPS) is 17.7. The lowest BCUT2D eigenvalue weighted by Gasteiger charge is -2.26. The molecule has 1 atom stereocenters. The van der Waals surface area contributed by atoms with Crippen LogP contribution in [0.5, 0.6) is 11.5 Å². The summed E-state index contributed by atoms with van der Waals surface area (Å²) in [6.07, 6.45) is 2.63. The predicted molar refractivity (Wildman–Crippen MR) is 121 cm³/mol. The highest BCUT2D eigenvalue weighted by molar-refractivity contribution is 5.98. The number of aliphatic hydroxyl groups excluding tert-OH is 1. The largest absolute Gasteiger partial charge is 0.477 e. The van der Waals surface area contributed by atoms with Crippen LogP contribution in [0.4, 0.5) is 22.0 Å². The van der Waals surface area contributed by atoms with Gasteiger partial charge in [0.25, 0.3) is 0 Å². The molecule has 11 heteroatoms. The molecule has 0 amide bonds. The number of nitrogens with zero attached hydrogens (tertiary/aromatic N) is 2. The van der Waals surface area contributed by atoms with Crippen molar-refractivity contribution >= 4 is 16.9 Å². The number of aromatic amines is 1. The van der Waals surface area contributed by atoms with Crippen LogP contribution < -0.4 is 4.74 Å². The number of nitrogens with one attached hydrogen (secondary N) is 1. The lowest BCUT2D eigenvalue weighted by atomic mass is 10.0. The monoisotopic (exact) mass is 503 g/mol. The zero-order chi connectivity index (χ0) is 25.4. The van der Waals surface area contributed by atoms with Gasteiger partial charge in [0.1, 0.15) is 29.6 Å². The first-order chi connectivity index (χ1) is 17.3. The molecule has 186 valence electrons. The van der Waals surface area contributed by atoms with E-state index in [1.54, 1.807) is 0 Å². The number of rotatable bonds is 6. The number of pyridine rings is 1. The third-order valence-corrected chi connectivity index (χ3v) is 5.70. The van der Waals surface area contributed by atoms with E-state index >= 15 is 0 Å². The summed E-state index contributed by atoms with van der Waals surface area (Å²) in [6.45, 7) is -1.50. The minimum atomic E-state index is -1.99. The molecule has 0 bridgehead atoms. The van der Waals surface area contributed by atoms with Gasteiger partial charge in [-0.05, 0) is 42.0 Å². The summed E-state index contributed by atoms with van der Waals surface area (Å²) in [5.41, 5.74) is -1.47. The zero-order valence-electron chi connectivity index (χ0n) is 18.5. The van der Waals surface area contributed by atoms with E-state index < -0.39 is 47.9 Å². The summed E-state index contributed by atoms with van der Waals surface area (Å²) in [7, 11) is 0. The molecule has 2 aromatic heterocycles. The summed E-state index contributed by atoms with van der Waals surface area (Å²) in [5, 5.41) is 9.23. The van der Waals surface area contributed by atoms with Gasteiger partial charge in [0.05, 0.1) is 18.5 Å². The molecule has 0 saturated carbocycles. The molecule has 1 unspecified atom stereocenters. The number of hydrogen-bond donors (Lipinski definition) is 2. The van der Waals surface area contributed by atoms with Crippen molar-refractivity contribution in [2.45, 2.75) is 12.1 Å². The molecule has 1 aliphatic heterocycles. The third kappa shape index (κ3) is 4.49. The maximum atomic E-state index is 14.9. The SMILES string of the molecule is OCC1(F)CN=C(Cc2cc(F)c(Oc3ccnc4[nH]cc(-c5cc(F)ccc5F)c34)c(F)c2)OC1. The minimum Gasteiger partial charge on any atom is -0.477 e. The Labute approximate surface area is 201 Å². The van der Waals surface area contributed by atoms with Crippen molar-refractivity contribution in [3.63, 3.8) is 0 Å². The molecule has 0 spiro atoms. The maximum absolute atomic E-state index is 14.9. The van der Waals surface area contributed by atoms with Crippen LogP contribution in [0.2, 0.25) is 0 Å². The van der Waals surface area contributed by atoms with Crippen molar-refractivity contribution in [3.8, 4) is 22.6 Å². The molecule has 0 fully saturated rings. The summed E-state index contributed by atoms with van der Waals surface area (Å²) < 4.78 is 82.8. The standard InChI is InChI=1S/C25H18F5N3O3/c26-14-1-2-17(27)15(8-14)16-9-32-24-22(16)20(3-4-31-24)36-23-18(28)5-13(6-19(23)29)7-21-33-10-25(30,11-34)12-35-21/h1-6,8-9,34H,7,10-12H2,(H,31,32). The first kappa shape index (κ1) is 23.7. The molecule has 1 aliphatic rings.